The molecule has 0 aromatic heterocycles. The van der Waals surface area contributed by atoms with E-state index in [2.05, 4.69) is 10.5 Å². The predicted octanol–water partition coefficient (Wildman–Crippen LogP) is 3.58. The summed E-state index contributed by atoms with van der Waals surface area (Å²) < 4.78 is 26.6. The highest BCUT2D eigenvalue weighted by atomic mass is 32.2. The van der Waals surface area contributed by atoms with E-state index < -0.39 is 14.9 Å². The fourth-order valence-corrected chi connectivity index (χ4v) is 4.59. The molecule has 1 fully saturated rings. The molecule has 2 aromatic carbocycles. The van der Waals surface area contributed by atoms with Crippen LogP contribution in [0, 0.1) is 10.1 Å². The van der Waals surface area contributed by atoms with Crippen molar-refractivity contribution in [3.63, 3.8) is 0 Å². The third-order valence-electron chi connectivity index (χ3n) is 4.68. The lowest BCUT2D eigenvalue weighted by Gasteiger charge is -2.15. The van der Waals surface area contributed by atoms with E-state index in [-0.39, 0.29) is 22.2 Å². The van der Waals surface area contributed by atoms with E-state index in [0.29, 0.717) is 13.1 Å². The maximum atomic E-state index is 12.6. The molecule has 1 heterocycles. The summed E-state index contributed by atoms with van der Waals surface area (Å²) in [7, 11) is -3.72. The van der Waals surface area contributed by atoms with E-state index in [9.17, 15) is 18.5 Å². The summed E-state index contributed by atoms with van der Waals surface area (Å²) in [5.74, 6) is 0.0163. The van der Waals surface area contributed by atoms with Gasteiger partial charge in [0.05, 0.1) is 9.82 Å². The third-order valence-corrected chi connectivity index (χ3v) is 6.57. The van der Waals surface area contributed by atoms with Crippen molar-refractivity contribution in [2.45, 2.75) is 30.6 Å². The molecule has 2 aromatic rings. The van der Waals surface area contributed by atoms with Gasteiger partial charge in [0, 0.05) is 31.3 Å². The topological polar surface area (TPSA) is 105 Å². The molecule has 28 heavy (non-hydrogen) atoms. The van der Waals surface area contributed by atoms with E-state index in [1.54, 1.807) is 6.21 Å². The molecule has 0 saturated carbocycles. The standard InChI is InChI=1S/C19H22N4O4S/c1-15(16-7-3-2-4-8-16)14-20-21-18-10-9-17(13-19(18)23(24)25)28(26,27)22-11-5-6-12-22/h2-4,7-10,13-15,21H,5-6,11-12H2,1H3/b20-14-/t15-/m0/s1. The minimum atomic E-state index is -3.72. The lowest BCUT2D eigenvalue weighted by atomic mass is 10.0. The van der Waals surface area contributed by atoms with Crippen molar-refractivity contribution in [1.29, 1.82) is 0 Å². The molecular weight excluding hydrogens is 380 g/mol. The minimum absolute atomic E-state index is 0.0163. The monoisotopic (exact) mass is 402 g/mol. The number of nitro groups is 1. The molecule has 8 nitrogen and oxygen atoms in total. The zero-order valence-corrected chi connectivity index (χ0v) is 16.3. The van der Waals surface area contributed by atoms with Crippen LogP contribution >= 0.6 is 0 Å². The Balaban J connectivity index is 1.80. The van der Waals surface area contributed by atoms with Gasteiger partial charge in [0.25, 0.3) is 5.69 Å². The largest absolute Gasteiger partial charge is 0.295 e. The molecule has 0 unspecified atom stereocenters. The van der Waals surface area contributed by atoms with Gasteiger partial charge in [-0.3, -0.25) is 15.5 Å². The summed E-state index contributed by atoms with van der Waals surface area (Å²) >= 11 is 0. The second kappa shape index (κ2) is 8.49. The molecule has 0 radical (unpaired) electrons. The van der Waals surface area contributed by atoms with Gasteiger partial charge >= 0.3 is 0 Å². The normalized spacial score (nSPS) is 16.3. The fourth-order valence-electron chi connectivity index (χ4n) is 3.06. The third kappa shape index (κ3) is 4.37. The molecule has 1 saturated heterocycles. The van der Waals surface area contributed by atoms with Gasteiger partial charge in [-0.1, -0.05) is 37.3 Å². The van der Waals surface area contributed by atoms with Crippen LogP contribution < -0.4 is 5.43 Å². The number of nitro benzene ring substituents is 1. The molecule has 1 aliphatic heterocycles. The maximum absolute atomic E-state index is 12.6. The average Bonchev–Trinajstić information content (AvgIpc) is 3.24. The van der Waals surface area contributed by atoms with Crippen molar-refractivity contribution in [2.75, 3.05) is 18.5 Å². The lowest BCUT2D eigenvalue weighted by molar-refractivity contribution is -0.384. The van der Waals surface area contributed by atoms with Crippen molar-refractivity contribution in [3.8, 4) is 0 Å². The second-order valence-corrected chi connectivity index (χ2v) is 8.57. The molecule has 1 atom stereocenters. The highest BCUT2D eigenvalue weighted by molar-refractivity contribution is 7.89. The van der Waals surface area contributed by atoms with Crippen molar-refractivity contribution in [2.24, 2.45) is 5.10 Å². The van der Waals surface area contributed by atoms with Gasteiger partial charge in [0.2, 0.25) is 10.0 Å². The molecule has 9 heteroatoms. The Kier molecular flexibility index (Phi) is 6.05. The molecule has 1 N–H and O–H groups in total. The Bertz CT molecular complexity index is 971. The van der Waals surface area contributed by atoms with E-state index in [0.717, 1.165) is 24.5 Å². The first-order valence-electron chi connectivity index (χ1n) is 9.02. The summed E-state index contributed by atoms with van der Waals surface area (Å²) in [6.07, 6.45) is 3.25. The quantitative estimate of drug-likeness (QED) is 0.433. The van der Waals surface area contributed by atoms with Crippen LogP contribution in [0.25, 0.3) is 0 Å². The van der Waals surface area contributed by atoms with Crippen LogP contribution in [0.3, 0.4) is 0 Å². The van der Waals surface area contributed by atoms with E-state index in [4.69, 9.17) is 0 Å². The summed E-state index contributed by atoms with van der Waals surface area (Å²) in [5.41, 5.74) is 3.54. The van der Waals surface area contributed by atoms with Gasteiger partial charge in [0.15, 0.2) is 0 Å². The van der Waals surface area contributed by atoms with Crippen molar-refractivity contribution in [3.05, 3.63) is 64.2 Å². The summed E-state index contributed by atoms with van der Waals surface area (Å²) in [5, 5.41) is 15.5. The van der Waals surface area contributed by atoms with E-state index in [1.165, 1.54) is 16.4 Å². The van der Waals surface area contributed by atoms with Crippen molar-refractivity contribution < 1.29 is 13.3 Å². The molecule has 0 amide bonds. The predicted molar refractivity (Wildman–Crippen MR) is 108 cm³/mol. The number of nitrogens with one attached hydrogen (secondary N) is 1. The van der Waals surface area contributed by atoms with Gasteiger partial charge in [-0.05, 0) is 30.5 Å². The summed E-state index contributed by atoms with van der Waals surface area (Å²) in [4.78, 5) is 10.8. The van der Waals surface area contributed by atoms with Gasteiger partial charge < -0.3 is 0 Å². The number of sulfonamides is 1. The van der Waals surface area contributed by atoms with Crippen LogP contribution in [-0.2, 0) is 10.0 Å². The summed E-state index contributed by atoms with van der Waals surface area (Å²) in [6.45, 7) is 2.84. The number of nitrogens with zero attached hydrogens (tertiary/aromatic N) is 3. The Hall–Kier alpha value is -2.78. The van der Waals surface area contributed by atoms with Crippen LogP contribution in [0.5, 0.6) is 0 Å². The zero-order chi connectivity index (χ0) is 20.1. The molecule has 3 rings (SSSR count). The number of benzene rings is 2. The number of hydrogen-bond acceptors (Lipinski definition) is 6. The minimum Gasteiger partial charge on any atom is -0.272 e. The Labute approximate surface area is 164 Å². The van der Waals surface area contributed by atoms with Crippen molar-refractivity contribution in [1.82, 2.24) is 4.31 Å². The van der Waals surface area contributed by atoms with Crippen LogP contribution in [0.2, 0.25) is 0 Å². The first-order valence-corrected chi connectivity index (χ1v) is 10.5. The maximum Gasteiger partial charge on any atom is 0.295 e. The van der Waals surface area contributed by atoms with Crippen molar-refractivity contribution >= 4 is 27.6 Å². The van der Waals surface area contributed by atoms with Crippen LogP contribution in [-0.4, -0.2) is 37.0 Å². The molecule has 148 valence electrons. The first kappa shape index (κ1) is 20.0. The molecule has 1 aliphatic rings. The molecule has 0 aliphatic carbocycles. The lowest BCUT2D eigenvalue weighted by Crippen LogP contribution is -2.27. The second-order valence-electron chi connectivity index (χ2n) is 6.64. The Morgan fingerprint density at radius 1 is 1.18 bits per heavy atom. The number of hydrazone groups is 1. The van der Waals surface area contributed by atoms with Gasteiger partial charge in [-0.25, -0.2) is 8.42 Å². The van der Waals surface area contributed by atoms with E-state index >= 15 is 0 Å². The number of hydrogen-bond donors (Lipinski definition) is 1. The van der Waals surface area contributed by atoms with Crippen LogP contribution in [0.4, 0.5) is 11.4 Å². The Morgan fingerprint density at radius 3 is 2.50 bits per heavy atom. The Morgan fingerprint density at radius 2 is 1.86 bits per heavy atom. The van der Waals surface area contributed by atoms with Gasteiger partial charge in [0.1, 0.15) is 5.69 Å². The first-order chi connectivity index (χ1) is 13.4. The molecular formula is C19H22N4O4S. The number of rotatable bonds is 7. The highest BCUT2D eigenvalue weighted by Crippen LogP contribution is 2.30. The summed E-state index contributed by atoms with van der Waals surface area (Å²) in [6, 6.07) is 13.6. The van der Waals surface area contributed by atoms with Gasteiger partial charge in [-0.15, -0.1) is 0 Å². The van der Waals surface area contributed by atoms with Crippen LogP contribution in [0.15, 0.2) is 58.5 Å². The zero-order valence-electron chi connectivity index (χ0n) is 15.5. The van der Waals surface area contributed by atoms with Crippen LogP contribution in [0.1, 0.15) is 31.2 Å². The fraction of sp³-hybridized carbons (Fsp3) is 0.316. The smallest absolute Gasteiger partial charge is 0.272 e. The van der Waals surface area contributed by atoms with E-state index in [1.807, 2.05) is 37.3 Å². The number of anilines is 1. The SMILES string of the molecule is C[C@@H](/C=N\Nc1ccc(S(=O)(=O)N2CCCC2)cc1[N+](=O)[O-])c1ccccc1. The highest BCUT2D eigenvalue weighted by Gasteiger charge is 2.29. The molecule has 0 bridgehead atoms. The average molecular weight is 402 g/mol. The van der Waals surface area contributed by atoms with Gasteiger partial charge in [-0.2, -0.15) is 9.41 Å². The molecule has 0 spiro atoms.